The number of para-hydroxylation sites is 1. The molecule has 0 aliphatic heterocycles. The second-order valence-electron chi connectivity index (χ2n) is 8.77. The molecule has 6 heteroatoms. The smallest absolute Gasteiger partial charge is 0.410 e. The molecule has 1 N–H and O–H groups in total. The van der Waals surface area contributed by atoms with E-state index < -0.39 is 11.7 Å². The molecule has 2 amide bonds. The van der Waals surface area contributed by atoms with E-state index in [0.29, 0.717) is 23.5 Å². The van der Waals surface area contributed by atoms with Crippen LogP contribution < -0.4 is 5.32 Å². The zero-order valence-corrected chi connectivity index (χ0v) is 18.9. The summed E-state index contributed by atoms with van der Waals surface area (Å²) in [5, 5.41) is 3.89. The van der Waals surface area contributed by atoms with Crippen molar-refractivity contribution in [3.05, 3.63) is 70.9 Å². The van der Waals surface area contributed by atoms with Gasteiger partial charge in [-0.2, -0.15) is 0 Å². The summed E-state index contributed by atoms with van der Waals surface area (Å²) in [5.41, 5.74) is 4.06. The molecule has 0 aliphatic carbocycles. The number of hydrogen-bond acceptors (Lipinski definition) is 4. The molecule has 0 saturated carbocycles. The van der Waals surface area contributed by atoms with Crippen molar-refractivity contribution in [1.29, 1.82) is 0 Å². The van der Waals surface area contributed by atoms with E-state index in [2.05, 4.69) is 10.3 Å². The minimum atomic E-state index is -0.571. The van der Waals surface area contributed by atoms with Gasteiger partial charge in [0.05, 0.1) is 23.3 Å². The van der Waals surface area contributed by atoms with Crippen LogP contribution in [0.25, 0.3) is 10.9 Å². The van der Waals surface area contributed by atoms with Crippen molar-refractivity contribution in [1.82, 2.24) is 9.88 Å². The van der Waals surface area contributed by atoms with Gasteiger partial charge < -0.3 is 15.0 Å². The molecule has 0 aliphatic rings. The third-order valence-electron chi connectivity index (χ3n) is 4.79. The number of fused-ring (bicyclic) bond motifs is 1. The Morgan fingerprint density at radius 2 is 1.77 bits per heavy atom. The quantitative estimate of drug-likeness (QED) is 0.609. The van der Waals surface area contributed by atoms with E-state index in [1.54, 1.807) is 7.05 Å². The number of anilines is 1. The molecule has 3 aromatic rings. The summed E-state index contributed by atoms with van der Waals surface area (Å²) in [6, 6.07) is 15.3. The second kappa shape index (κ2) is 8.76. The number of carbonyl (C=O) groups excluding carboxylic acids is 2. The van der Waals surface area contributed by atoms with Crippen LogP contribution in [0.1, 0.15) is 48.0 Å². The maximum atomic E-state index is 13.0. The van der Waals surface area contributed by atoms with Crippen molar-refractivity contribution in [2.24, 2.45) is 0 Å². The molecular weight excluding hydrogens is 390 g/mol. The zero-order valence-electron chi connectivity index (χ0n) is 18.9. The van der Waals surface area contributed by atoms with Crippen molar-refractivity contribution >= 4 is 28.6 Å². The van der Waals surface area contributed by atoms with Gasteiger partial charge in [0, 0.05) is 18.1 Å². The van der Waals surface area contributed by atoms with Crippen molar-refractivity contribution < 1.29 is 14.3 Å². The van der Waals surface area contributed by atoms with E-state index in [1.807, 2.05) is 83.1 Å². The Morgan fingerprint density at radius 3 is 2.48 bits per heavy atom. The van der Waals surface area contributed by atoms with Gasteiger partial charge in [-0.05, 0) is 63.9 Å². The van der Waals surface area contributed by atoms with Crippen molar-refractivity contribution in [2.45, 2.75) is 46.8 Å². The summed E-state index contributed by atoms with van der Waals surface area (Å²) in [7, 11) is 1.67. The summed E-state index contributed by atoms with van der Waals surface area (Å²) in [6.07, 6.45) is -0.418. The lowest BCUT2D eigenvalue weighted by atomic mass is 10.1. The Morgan fingerprint density at radius 1 is 1.06 bits per heavy atom. The number of carbonyl (C=O) groups is 2. The van der Waals surface area contributed by atoms with Crippen LogP contribution in [0, 0.1) is 13.8 Å². The average Bonchev–Trinajstić information content (AvgIpc) is 2.67. The van der Waals surface area contributed by atoms with Crippen LogP contribution in [0.15, 0.2) is 48.5 Å². The minimum absolute atomic E-state index is 0.236. The van der Waals surface area contributed by atoms with Crippen molar-refractivity contribution in [2.75, 3.05) is 12.4 Å². The van der Waals surface area contributed by atoms with Gasteiger partial charge in [-0.1, -0.05) is 30.3 Å². The molecular formula is C25H29N3O3. The zero-order chi connectivity index (χ0) is 22.8. The number of nitrogens with zero attached hydrogens (tertiary/aromatic N) is 2. The van der Waals surface area contributed by atoms with Crippen molar-refractivity contribution in [3.8, 4) is 0 Å². The third-order valence-corrected chi connectivity index (χ3v) is 4.79. The fraction of sp³-hybridized carbons (Fsp3) is 0.320. The molecule has 0 atom stereocenters. The molecule has 0 radical (unpaired) electrons. The van der Waals surface area contributed by atoms with E-state index in [1.165, 1.54) is 4.90 Å². The highest BCUT2D eigenvalue weighted by atomic mass is 16.6. The van der Waals surface area contributed by atoms with Crippen LogP contribution in [0.3, 0.4) is 0 Å². The van der Waals surface area contributed by atoms with E-state index >= 15 is 0 Å². The Labute approximate surface area is 183 Å². The predicted molar refractivity (Wildman–Crippen MR) is 123 cm³/mol. The molecule has 2 aromatic carbocycles. The summed E-state index contributed by atoms with van der Waals surface area (Å²) in [4.78, 5) is 31.5. The molecule has 0 fully saturated rings. The summed E-state index contributed by atoms with van der Waals surface area (Å²) in [5.74, 6) is -0.236. The number of nitrogens with one attached hydrogen (secondary N) is 1. The number of hydrogen-bond donors (Lipinski definition) is 1. The molecule has 0 spiro atoms. The topological polar surface area (TPSA) is 71.5 Å². The van der Waals surface area contributed by atoms with Crippen LogP contribution in [-0.2, 0) is 11.3 Å². The number of amides is 2. The summed E-state index contributed by atoms with van der Waals surface area (Å²) >= 11 is 0. The molecule has 6 nitrogen and oxygen atoms in total. The monoisotopic (exact) mass is 419 g/mol. The molecule has 0 saturated heterocycles. The summed E-state index contributed by atoms with van der Waals surface area (Å²) < 4.78 is 5.42. The van der Waals surface area contributed by atoms with Crippen LogP contribution in [0.5, 0.6) is 0 Å². The number of pyridine rings is 1. The third kappa shape index (κ3) is 5.60. The first-order valence-electron chi connectivity index (χ1n) is 10.2. The SMILES string of the molecule is Cc1ccc2cc(C(=O)Nc3ccccc3CN(C)C(=O)OC(C)(C)C)c(C)nc2c1. The first kappa shape index (κ1) is 22.3. The molecule has 0 bridgehead atoms. The minimum Gasteiger partial charge on any atom is -0.444 e. The predicted octanol–water partition coefficient (Wildman–Crippen LogP) is 5.47. The Balaban J connectivity index is 1.81. The normalized spacial score (nSPS) is 11.3. The molecule has 0 unspecified atom stereocenters. The summed E-state index contributed by atoms with van der Waals surface area (Å²) in [6.45, 7) is 9.64. The average molecular weight is 420 g/mol. The Kier molecular flexibility index (Phi) is 6.29. The molecule has 162 valence electrons. The number of benzene rings is 2. The molecule has 1 heterocycles. The fourth-order valence-electron chi connectivity index (χ4n) is 3.23. The van der Waals surface area contributed by atoms with Gasteiger partial charge >= 0.3 is 6.09 Å². The van der Waals surface area contributed by atoms with Gasteiger partial charge in [-0.15, -0.1) is 0 Å². The number of rotatable bonds is 4. The van der Waals surface area contributed by atoms with Gasteiger partial charge in [0.2, 0.25) is 0 Å². The standard InChI is InChI=1S/C25H29N3O3/c1-16-11-12-18-14-20(17(2)26-22(18)13-16)23(29)27-21-10-8-7-9-19(21)15-28(6)24(30)31-25(3,4)5/h7-14H,15H2,1-6H3,(H,27,29). The lowest BCUT2D eigenvalue weighted by Gasteiger charge is -2.25. The maximum Gasteiger partial charge on any atom is 0.410 e. The van der Waals surface area contributed by atoms with E-state index in [0.717, 1.165) is 22.0 Å². The first-order chi connectivity index (χ1) is 14.5. The fourth-order valence-corrected chi connectivity index (χ4v) is 3.23. The lowest BCUT2D eigenvalue weighted by Crippen LogP contribution is -2.34. The number of ether oxygens (including phenoxy) is 1. The Hall–Kier alpha value is -3.41. The largest absolute Gasteiger partial charge is 0.444 e. The highest BCUT2D eigenvalue weighted by molar-refractivity contribution is 6.07. The van der Waals surface area contributed by atoms with Crippen LogP contribution in [0.4, 0.5) is 10.5 Å². The Bertz CT molecular complexity index is 1130. The van der Waals surface area contributed by atoms with Gasteiger partial charge in [-0.25, -0.2) is 4.79 Å². The molecule has 3 rings (SSSR count). The van der Waals surface area contributed by atoms with E-state index in [4.69, 9.17) is 4.74 Å². The van der Waals surface area contributed by atoms with Gasteiger partial charge in [-0.3, -0.25) is 9.78 Å². The van der Waals surface area contributed by atoms with E-state index in [9.17, 15) is 9.59 Å². The molecule has 1 aromatic heterocycles. The van der Waals surface area contributed by atoms with Crippen LogP contribution in [0.2, 0.25) is 0 Å². The highest BCUT2D eigenvalue weighted by Gasteiger charge is 2.21. The molecule has 31 heavy (non-hydrogen) atoms. The second-order valence-corrected chi connectivity index (χ2v) is 8.77. The van der Waals surface area contributed by atoms with Gasteiger partial charge in [0.25, 0.3) is 5.91 Å². The maximum absolute atomic E-state index is 13.0. The van der Waals surface area contributed by atoms with E-state index in [-0.39, 0.29) is 5.91 Å². The number of aromatic nitrogens is 1. The van der Waals surface area contributed by atoms with Crippen molar-refractivity contribution in [3.63, 3.8) is 0 Å². The highest BCUT2D eigenvalue weighted by Crippen LogP contribution is 2.22. The lowest BCUT2D eigenvalue weighted by molar-refractivity contribution is 0.0285. The van der Waals surface area contributed by atoms with Gasteiger partial charge in [0.15, 0.2) is 0 Å². The number of aryl methyl sites for hydroxylation is 2. The van der Waals surface area contributed by atoms with Crippen LogP contribution >= 0.6 is 0 Å². The van der Waals surface area contributed by atoms with Crippen LogP contribution in [-0.4, -0.2) is 34.5 Å². The van der Waals surface area contributed by atoms with Gasteiger partial charge in [0.1, 0.15) is 5.60 Å². The first-order valence-corrected chi connectivity index (χ1v) is 10.2.